The Morgan fingerprint density at radius 3 is 2.90 bits per heavy atom. The molecule has 0 spiro atoms. The molecule has 110 valence electrons. The highest BCUT2D eigenvalue weighted by Crippen LogP contribution is 2.28. The van der Waals surface area contributed by atoms with Gasteiger partial charge >= 0.3 is 0 Å². The van der Waals surface area contributed by atoms with Crippen LogP contribution in [0.2, 0.25) is 0 Å². The summed E-state index contributed by atoms with van der Waals surface area (Å²) in [5.41, 5.74) is 10.4. The van der Waals surface area contributed by atoms with E-state index >= 15 is 0 Å². The molecule has 0 bridgehead atoms. The molecule has 4 heteroatoms. The molecule has 0 saturated heterocycles. The van der Waals surface area contributed by atoms with E-state index in [2.05, 4.69) is 11.0 Å². The summed E-state index contributed by atoms with van der Waals surface area (Å²) >= 11 is 0. The van der Waals surface area contributed by atoms with Crippen molar-refractivity contribution in [3.05, 3.63) is 53.1 Å². The van der Waals surface area contributed by atoms with E-state index in [1.807, 2.05) is 24.3 Å². The Morgan fingerprint density at radius 2 is 2.14 bits per heavy atom. The van der Waals surface area contributed by atoms with Crippen molar-refractivity contribution in [2.45, 2.75) is 19.5 Å². The van der Waals surface area contributed by atoms with Gasteiger partial charge in [-0.05, 0) is 29.7 Å². The van der Waals surface area contributed by atoms with E-state index < -0.39 is 0 Å². The summed E-state index contributed by atoms with van der Waals surface area (Å²) < 4.78 is 5.11. The lowest BCUT2D eigenvalue weighted by Crippen LogP contribution is -2.30. The first kappa shape index (κ1) is 13.8. The molecule has 0 unspecified atom stereocenters. The van der Waals surface area contributed by atoms with Gasteiger partial charge in [-0.2, -0.15) is 0 Å². The topological polar surface area (TPSA) is 58.7 Å². The number of rotatable bonds is 3. The number of ether oxygens (including phenoxy) is 1. The van der Waals surface area contributed by atoms with Crippen molar-refractivity contribution in [3.63, 3.8) is 0 Å². The lowest BCUT2D eigenvalue weighted by Gasteiger charge is -2.29. The number of benzene rings is 2. The van der Waals surface area contributed by atoms with Gasteiger partial charge in [-0.3, -0.25) is 4.90 Å². The zero-order valence-corrected chi connectivity index (χ0v) is 12.2. The molecule has 1 aliphatic heterocycles. The van der Waals surface area contributed by atoms with Crippen molar-refractivity contribution in [2.24, 2.45) is 0 Å². The van der Waals surface area contributed by atoms with Gasteiger partial charge in [-0.25, -0.2) is 0 Å². The number of aromatic hydroxyl groups is 1. The molecule has 0 radical (unpaired) electrons. The highest BCUT2D eigenvalue weighted by molar-refractivity contribution is 5.52. The number of nitrogen functional groups attached to an aromatic ring is 1. The Bertz CT molecular complexity index is 655. The normalized spacial score (nSPS) is 14.7. The lowest BCUT2D eigenvalue weighted by molar-refractivity contribution is 0.243. The molecule has 0 atom stereocenters. The molecule has 1 heterocycles. The maximum absolute atomic E-state index is 10.1. The first-order chi connectivity index (χ1) is 10.2. The minimum absolute atomic E-state index is 0.279. The average molecular weight is 284 g/mol. The van der Waals surface area contributed by atoms with Crippen LogP contribution >= 0.6 is 0 Å². The van der Waals surface area contributed by atoms with Gasteiger partial charge in [0.05, 0.1) is 7.11 Å². The van der Waals surface area contributed by atoms with Crippen LogP contribution in [0, 0.1) is 0 Å². The van der Waals surface area contributed by atoms with Crippen molar-refractivity contribution < 1.29 is 9.84 Å². The van der Waals surface area contributed by atoms with E-state index in [1.54, 1.807) is 13.2 Å². The summed E-state index contributed by atoms with van der Waals surface area (Å²) in [4.78, 5) is 2.31. The Balaban J connectivity index is 1.77. The van der Waals surface area contributed by atoms with Crippen LogP contribution < -0.4 is 10.5 Å². The number of fused-ring (bicyclic) bond motifs is 1. The first-order valence-corrected chi connectivity index (χ1v) is 7.12. The number of nitrogens with two attached hydrogens (primary N) is 1. The second-order valence-electron chi connectivity index (χ2n) is 5.44. The fourth-order valence-corrected chi connectivity index (χ4v) is 2.84. The summed E-state index contributed by atoms with van der Waals surface area (Å²) in [6.07, 6.45) is 0.997. The molecule has 2 aromatic rings. The van der Waals surface area contributed by atoms with Gasteiger partial charge < -0.3 is 15.6 Å². The monoisotopic (exact) mass is 284 g/mol. The molecule has 0 saturated carbocycles. The van der Waals surface area contributed by atoms with Crippen LogP contribution in [0.15, 0.2) is 36.4 Å². The molecular weight excluding hydrogens is 264 g/mol. The second-order valence-corrected chi connectivity index (χ2v) is 5.44. The number of nitrogens with zero attached hydrogens (tertiary/aromatic N) is 1. The maximum atomic E-state index is 10.1. The minimum atomic E-state index is 0.279. The quantitative estimate of drug-likeness (QED) is 0.850. The van der Waals surface area contributed by atoms with E-state index in [9.17, 15) is 5.11 Å². The molecule has 0 aromatic heterocycles. The van der Waals surface area contributed by atoms with Crippen LogP contribution in [0.25, 0.3) is 0 Å². The predicted molar refractivity (Wildman–Crippen MR) is 83.3 cm³/mol. The van der Waals surface area contributed by atoms with Gasteiger partial charge in [0.15, 0.2) is 0 Å². The number of methoxy groups -OCH3 is 1. The predicted octanol–water partition coefficient (Wildman–Crippen LogP) is 2.54. The highest BCUT2D eigenvalue weighted by atomic mass is 16.5. The molecule has 0 fully saturated rings. The van der Waals surface area contributed by atoms with E-state index in [0.717, 1.165) is 30.8 Å². The maximum Gasteiger partial charge on any atom is 0.123 e. The second kappa shape index (κ2) is 5.66. The van der Waals surface area contributed by atoms with Gasteiger partial charge in [0.2, 0.25) is 0 Å². The molecule has 3 N–H and O–H groups in total. The van der Waals surface area contributed by atoms with E-state index in [1.165, 1.54) is 11.1 Å². The van der Waals surface area contributed by atoms with Crippen molar-refractivity contribution in [1.29, 1.82) is 0 Å². The summed E-state index contributed by atoms with van der Waals surface area (Å²) in [6.45, 7) is 2.51. The smallest absolute Gasteiger partial charge is 0.123 e. The Morgan fingerprint density at radius 1 is 1.29 bits per heavy atom. The molecule has 3 rings (SSSR count). The number of phenolic OH excluding ortho intramolecular Hbond substituents is 1. The minimum Gasteiger partial charge on any atom is -0.507 e. The van der Waals surface area contributed by atoms with Crippen LogP contribution in [0.1, 0.15) is 16.7 Å². The average Bonchev–Trinajstić information content (AvgIpc) is 2.50. The molecule has 0 amide bonds. The van der Waals surface area contributed by atoms with Gasteiger partial charge in [-0.1, -0.05) is 18.2 Å². The molecule has 1 aliphatic rings. The van der Waals surface area contributed by atoms with E-state index in [0.29, 0.717) is 12.3 Å². The molecule has 0 aliphatic carbocycles. The van der Waals surface area contributed by atoms with E-state index in [-0.39, 0.29) is 5.75 Å². The van der Waals surface area contributed by atoms with Crippen molar-refractivity contribution in [1.82, 2.24) is 4.90 Å². The zero-order valence-electron chi connectivity index (χ0n) is 12.2. The van der Waals surface area contributed by atoms with Crippen LogP contribution in [-0.2, 0) is 19.5 Å². The van der Waals surface area contributed by atoms with Crippen LogP contribution in [0.3, 0.4) is 0 Å². The van der Waals surface area contributed by atoms with Gasteiger partial charge in [-0.15, -0.1) is 0 Å². The number of phenols is 1. The van der Waals surface area contributed by atoms with Crippen molar-refractivity contribution in [2.75, 3.05) is 19.4 Å². The van der Waals surface area contributed by atoms with Crippen LogP contribution in [0.5, 0.6) is 11.5 Å². The van der Waals surface area contributed by atoms with Gasteiger partial charge in [0.25, 0.3) is 0 Å². The Labute approximate surface area is 124 Å². The molecular formula is C17H20N2O2. The van der Waals surface area contributed by atoms with Crippen molar-refractivity contribution in [3.8, 4) is 11.5 Å². The molecule has 4 nitrogen and oxygen atoms in total. The SMILES string of the molecule is COc1ccc(CN2CCc3cccc(N)c3C2)c(O)c1. The Hall–Kier alpha value is -2.20. The third-order valence-electron chi connectivity index (χ3n) is 4.07. The summed E-state index contributed by atoms with van der Waals surface area (Å²) in [5, 5.41) is 10.1. The zero-order chi connectivity index (χ0) is 14.8. The number of hydrogen-bond acceptors (Lipinski definition) is 4. The first-order valence-electron chi connectivity index (χ1n) is 7.12. The Kier molecular flexibility index (Phi) is 3.71. The van der Waals surface area contributed by atoms with Gasteiger partial charge in [0, 0.05) is 37.0 Å². The molecule has 2 aromatic carbocycles. The van der Waals surface area contributed by atoms with Crippen LogP contribution in [0.4, 0.5) is 5.69 Å². The van der Waals surface area contributed by atoms with Crippen LogP contribution in [-0.4, -0.2) is 23.7 Å². The summed E-state index contributed by atoms with van der Waals surface area (Å²) in [7, 11) is 1.60. The fourth-order valence-electron chi connectivity index (χ4n) is 2.84. The van der Waals surface area contributed by atoms with Gasteiger partial charge in [0.1, 0.15) is 11.5 Å². The third kappa shape index (κ3) is 2.81. The lowest BCUT2D eigenvalue weighted by atomic mass is 9.97. The van der Waals surface area contributed by atoms with Crippen molar-refractivity contribution >= 4 is 5.69 Å². The standard InChI is InChI=1S/C17H20N2O2/c1-21-14-6-5-13(17(20)9-14)10-19-8-7-12-3-2-4-16(18)15(12)11-19/h2-6,9,20H,7-8,10-11,18H2,1H3. The summed E-state index contributed by atoms with van der Waals surface area (Å²) in [5.74, 6) is 0.950. The number of anilines is 1. The molecule has 21 heavy (non-hydrogen) atoms. The fraction of sp³-hybridized carbons (Fsp3) is 0.294. The number of hydrogen-bond donors (Lipinski definition) is 2. The summed E-state index contributed by atoms with van der Waals surface area (Å²) in [6, 6.07) is 11.6. The highest BCUT2D eigenvalue weighted by Gasteiger charge is 2.19. The van der Waals surface area contributed by atoms with E-state index in [4.69, 9.17) is 10.5 Å². The third-order valence-corrected chi connectivity index (χ3v) is 4.07. The largest absolute Gasteiger partial charge is 0.507 e.